The van der Waals surface area contributed by atoms with Crippen LogP contribution < -0.4 is 10.6 Å². The smallest absolute Gasteiger partial charge is 0.348 e. The number of ether oxygens (including phenoxy) is 2. The molecule has 0 spiro atoms. The van der Waals surface area contributed by atoms with Crippen LogP contribution in [0.5, 0.6) is 0 Å². The third-order valence-electron chi connectivity index (χ3n) is 4.57. The van der Waals surface area contributed by atoms with Crippen LogP contribution in [0.25, 0.3) is 0 Å². The zero-order valence-electron chi connectivity index (χ0n) is 18.2. The third kappa shape index (κ3) is 5.17. The summed E-state index contributed by atoms with van der Waals surface area (Å²) >= 11 is 6.55. The molecule has 164 valence electrons. The lowest BCUT2D eigenvalue weighted by atomic mass is 10.1. The molecule has 0 unspecified atom stereocenters. The van der Waals surface area contributed by atoms with Gasteiger partial charge < -0.3 is 20.1 Å². The summed E-state index contributed by atoms with van der Waals surface area (Å²) < 4.78 is 12.2. The van der Waals surface area contributed by atoms with Gasteiger partial charge >= 0.3 is 11.9 Å². The Balaban J connectivity index is 2.22. The van der Waals surface area contributed by atoms with Crippen molar-refractivity contribution in [2.75, 3.05) is 18.5 Å². The maximum Gasteiger partial charge on any atom is 0.348 e. The molecule has 2 N–H and O–H groups in total. The Morgan fingerprint density at radius 3 is 2.30 bits per heavy atom. The maximum absolute atomic E-state index is 12.5. The number of esters is 2. The Bertz CT molecular complexity index is 949. The molecule has 2 heterocycles. The molecular weight excluding hydrogens is 424 g/mol. The SMILES string of the molecule is CCOC(=O)c1sc(NC(=S)NCc2c(C)nn(CC)c2C)c(C(=O)OCC)c1C. The van der Waals surface area contributed by atoms with Crippen LogP contribution in [0.2, 0.25) is 0 Å². The summed E-state index contributed by atoms with van der Waals surface area (Å²) in [5.41, 5.74) is 3.89. The van der Waals surface area contributed by atoms with Crippen molar-refractivity contribution < 1.29 is 19.1 Å². The van der Waals surface area contributed by atoms with E-state index in [4.69, 9.17) is 21.7 Å². The molecule has 2 aromatic heterocycles. The van der Waals surface area contributed by atoms with Gasteiger partial charge in [-0.1, -0.05) is 0 Å². The van der Waals surface area contributed by atoms with Crippen LogP contribution in [-0.2, 0) is 22.6 Å². The number of hydrogen-bond donors (Lipinski definition) is 2. The third-order valence-corrected chi connectivity index (χ3v) is 6.00. The Morgan fingerprint density at radius 1 is 1.10 bits per heavy atom. The number of rotatable bonds is 8. The van der Waals surface area contributed by atoms with Gasteiger partial charge in [-0.05, 0) is 59.3 Å². The quantitative estimate of drug-likeness (QED) is 0.462. The van der Waals surface area contributed by atoms with E-state index < -0.39 is 11.9 Å². The van der Waals surface area contributed by atoms with Gasteiger partial charge in [0, 0.05) is 24.3 Å². The molecule has 0 bridgehead atoms. The van der Waals surface area contributed by atoms with Crippen molar-refractivity contribution in [1.82, 2.24) is 15.1 Å². The van der Waals surface area contributed by atoms with E-state index in [1.807, 2.05) is 25.5 Å². The van der Waals surface area contributed by atoms with Crippen molar-refractivity contribution in [2.45, 2.75) is 54.6 Å². The van der Waals surface area contributed by atoms with Crippen LogP contribution in [-0.4, -0.2) is 40.0 Å². The molecule has 0 amide bonds. The van der Waals surface area contributed by atoms with Crippen molar-refractivity contribution in [3.63, 3.8) is 0 Å². The number of nitrogens with one attached hydrogen (secondary N) is 2. The fraction of sp³-hybridized carbons (Fsp3) is 0.500. The van der Waals surface area contributed by atoms with E-state index in [-0.39, 0.29) is 13.2 Å². The van der Waals surface area contributed by atoms with Crippen molar-refractivity contribution in [3.8, 4) is 0 Å². The number of carbonyl (C=O) groups is 2. The van der Waals surface area contributed by atoms with Gasteiger partial charge in [0.1, 0.15) is 9.88 Å². The predicted octanol–water partition coefficient (Wildman–Crippen LogP) is 3.73. The first-order valence-corrected chi connectivity index (χ1v) is 11.0. The number of thiocarbonyl (C=S) groups is 1. The van der Waals surface area contributed by atoms with Crippen molar-refractivity contribution in [3.05, 3.63) is 33.0 Å². The van der Waals surface area contributed by atoms with Crippen molar-refractivity contribution in [2.24, 2.45) is 0 Å². The van der Waals surface area contributed by atoms with Crippen LogP contribution in [0.15, 0.2) is 0 Å². The van der Waals surface area contributed by atoms with Crippen LogP contribution in [0.1, 0.15) is 63.3 Å². The highest BCUT2D eigenvalue weighted by Crippen LogP contribution is 2.34. The second-order valence-corrected chi connectivity index (χ2v) is 7.90. The number of anilines is 1. The maximum atomic E-state index is 12.5. The van der Waals surface area contributed by atoms with Gasteiger partial charge in [-0.3, -0.25) is 4.68 Å². The summed E-state index contributed by atoms with van der Waals surface area (Å²) in [5, 5.41) is 11.5. The number of hydrogen-bond acceptors (Lipinski definition) is 7. The summed E-state index contributed by atoms with van der Waals surface area (Å²) in [4.78, 5) is 25.1. The Labute approximate surface area is 185 Å². The largest absolute Gasteiger partial charge is 0.462 e. The van der Waals surface area contributed by atoms with Gasteiger partial charge in [0.25, 0.3) is 0 Å². The van der Waals surface area contributed by atoms with Gasteiger partial charge in [-0.2, -0.15) is 5.10 Å². The summed E-state index contributed by atoms with van der Waals surface area (Å²) in [5.74, 6) is -0.987. The van der Waals surface area contributed by atoms with Crippen LogP contribution in [0.3, 0.4) is 0 Å². The van der Waals surface area contributed by atoms with Crippen molar-refractivity contribution >= 4 is 45.6 Å². The molecular formula is C20H28N4O4S2. The fourth-order valence-electron chi connectivity index (χ4n) is 3.06. The van der Waals surface area contributed by atoms with E-state index in [1.54, 1.807) is 20.8 Å². The Morgan fingerprint density at radius 2 is 1.73 bits per heavy atom. The first kappa shape index (κ1) is 23.8. The lowest BCUT2D eigenvalue weighted by Gasteiger charge is -2.11. The summed E-state index contributed by atoms with van der Waals surface area (Å²) in [6.45, 7) is 12.9. The van der Waals surface area contributed by atoms with Gasteiger partial charge in [-0.25, -0.2) is 9.59 Å². The van der Waals surface area contributed by atoms with E-state index in [1.165, 1.54) is 0 Å². The van der Waals surface area contributed by atoms with Gasteiger partial charge in [0.2, 0.25) is 0 Å². The molecule has 0 radical (unpaired) electrons. The molecule has 2 rings (SSSR count). The molecule has 0 aliphatic rings. The second kappa shape index (κ2) is 10.5. The van der Waals surface area contributed by atoms with Gasteiger partial charge in [0.05, 0.1) is 24.5 Å². The topological polar surface area (TPSA) is 94.5 Å². The zero-order valence-corrected chi connectivity index (χ0v) is 19.8. The van der Waals surface area contributed by atoms with E-state index in [9.17, 15) is 9.59 Å². The number of aromatic nitrogens is 2. The van der Waals surface area contributed by atoms with Gasteiger partial charge in [0.15, 0.2) is 5.11 Å². The molecule has 0 aliphatic carbocycles. The minimum Gasteiger partial charge on any atom is -0.462 e. The van der Waals surface area contributed by atoms with Crippen molar-refractivity contribution in [1.29, 1.82) is 0 Å². The first-order chi connectivity index (χ1) is 14.2. The zero-order chi connectivity index (χ0) is 22.4. The highest BCUT2D eigenvalue weighted by molar-refractivity contribution is 7.80. The summed E-state index contributed by atoms with van der Waals surface area (Å²) in [6.07, 6.45) is 0. The molecule has 0 saturated carbocycles. The molecule has 0 fully saturated rings. The van der Waals surface area contributed by atoms with Crippen LogP contribution >= 0.6 is 23.6 Å². The van der Waals surface area contributed by atoms with E-state index >= 15 is 0 Å². The normalized spacial score (nSPS) is 10.6. The summed E-state index contributed by atoms with van der Waals surface area (Å²) in [6, 6.07) is 0. The first-order valence-electron chi connectivity index (χ1n) is 9.80. The average molecular weight is 453 g/mol. The molecule has 0 saturated heterocycles. The lowest BCUT2D eigenvalue weighted by Crippen LogP contribution is -2.28. The van der Waals surface area contributed by atoms with Gasteiger partial charge in [-0.15, -0.1) is 11.3 Å². The Hall–Kier alpha value is -2.46. The number of nitrogens with zero attached hydrogens (tertiary/aromatic N) is 2. The second-order valence-electron chi connectivity index (χ2n) is 6.47. The van der Waals surface area contributed by atoms with E-state index in [0.29, 0.717) is 32.7 Å². The lowest BCUT2D eigenvalue weighted by molar-refractivity contribution is 0.0527. The molecule has 30 heavy (non-hydrogen) atoms. The highest BCUT2D eigenvalue weighted by atomic mass is 32.1. The molecule has 2 aromatic rings. The van der Waals surface area contributed by atoms with E-state index in [2.05, 4.69) is 15.7 Å². The molecule has 8 nitrogen and oxygen atoms in total. The predicted molar refractivity (Wildman–Crippen MR) is 121 cm³/mol. The average Bonchev–Trinajstić information content (AvgIpc) is 3.16. The molecule has 0 atom stereocenters. The minimum atomic E-state index is -0.511. The monoisotopic (exact) mass is 452 g/mol. The highest BCUT2D eigenvalue weighted by Gasteiger charge is 2.27. The molecule has 0 aliphatic heterocycles. The number of carbonyl (C=O) groups excluding carboxylic acids is 2. The minimum absolute atomic E-state index is 0.227. The molecule has 10 heteroatoms. The standard InChI is InChI=1S/C20H28N4O4S2/c1-7-24-13(6)14(12(5)23-24)10-21-20(29)22-17-15(18(25)27-8-2)11(4)16(30-17)19(26)28-9-3/h7-10H2,1-6H3,(H2,21,22,29). The summed E-state index contributed by atoms with van der Waals surface area (Å²) in [7, 11) is 0. The molecule has 0 aromatic carbocycles. The van der Waals surface area contributed by atoms with E-state index in [0.717, 1.165) is 34.8 Å². The van der Waals surface area contributed by atoms with Crippen LogP contribution in [0, 0.1) is 20.8 Å². The number of aryl methyl sites for hydroxylation is 2. The fourth-order valence-corrected chi connectivity index (χ4v) is 4.39. The number of thiophene rings is 1. The van der Waals surface area contributed by atoms with Crippen LogP contribution in [0.4, 0.5) is 5.00 Å². The Kier molecular flexibility index (Phi) is 8.36.